The summed E-state index contributed by atoms with van der Waals surface area (Å²) < 4.78 is 21.2. The summed E-state index contributed by atoms with van der Waals surface area (Å²) in [7, 11) is 0. The van der Waals surface area contributed by atoms with Crippen molar-refractivity contribution < 1.29 is 13.9 Å². The van der Waals surface area contributed by atoms with Crippen molar-refractivity contribution in [3.8, 4) is 5.69 Å². The van der Waals surface area contributed by atoms with Gasteiger partial charge in [-0.05, 0) is 54.4 Å². The Morgan fingerprint density at radius 3 is 2.73 bits per heavy atom. The first-order valence-electron chi connectivity index (χ1n) is 7.71. The van der Waals surface area contributed by atoms with Crippen molar-refractivity contribution in [2.45, 2.75) is 32.9 Å². The van der Waals surface area contributed by atoms with Crippen molar-refractivity contribution in [3.63, 3.8) is 0 Å². The van der Waals surface area contributed by atoms with E-state index in [1.54, 1.807) is 32.9 Å². The Hall–Kier alpha value is -2.49. The quantitative estimate of drug-likeness (QED) is 0.740. The topological polar surface area (TPSA) is 91.0 Å². The lowest BCUT2D eigenvalue weighted by atomic mass is 10.2. The summed E-state index contributed by atoms with van der Waals surface area (Å²) in [5, 5.41) is 6.41. The molecule has 2 aromatic heterocycles. The van der Waals surface area contributed by atoms with Crippen LogP contribution in [0.3, 0.4) is 0 Å². The van der Waals surface area contributed by atoms with Gasteiger partial charge in [0.15, 0.2) is 0 Å². The van der Waals surface area contributed by atoms with Gasteiger partial charge in [0.2, 0.25) is 0 Å². The zero-order chi connectivity index (χ0) is 19.3. The summed E-state index contributed by atoms with van der Waals surface area (Å²) in [5.74, 6) is 0. The molecule has 8 nitrogen and oxygen atoms in total. The number of aromatic nitrogens is 4. The van der Waals surface area contributed by atoms with Gasteiger partial charge in [0.25, 0.3) is 0 Å². The zero-order valence-corrected chi connectivity index (χ0v) is 16.2. The second-order valence-electron chi connectivity index (χ2n) is 6.40. The third-order valence-corrected chi connectivity index (χ3v) is 3.56. The van der Waals surface area contributed by atoms with E-state index in [0.29, 0.717) is 16.6 Å². The molecule has 2 heterocycles. The average Bonchev–Trinajstić information content (AvgIpc) is 2.91. The molecule has 140 valence electrons. The van der Waals surface area contributed by atoms with Gasteiger partial charge in [-0.15, -0.1) is 0 Å². The van der Waals surface area contributed by atoms with Gasteiger partial charge in [-0.3, -0.25) is 0 Å². The molecule has 10 heteroatoms. The highest BCUT2D eigenvalue weighted by atomic mass is 79.9. The summed E-state index contributed by atoms with van der Waals surface area (Å²) in [6.07, 6.45) is 2.50. The highest BCUT2D eigenvalue weighted by Gasteiger charge is 2.16. The maximum Gasteiger partial charge on any atom is 0.407 e. The second-order valence-corrected chi connectivity index (χ2v) is 7.22. The number of nitrogens with zero attached hydrogens (tertiary/aromatic N) is 4. The number of alkyl carbamates (subject to hydrolysis) is 1. The normalized spacial score (nSPS) is 12.1. The Morgan fingerprint density at radius 1 is 1.42 bits per heavy atom. The highest BCUT2D eigenvalue weighted by molar-refractivity contribution is 9.10. The molecule has 0 saturated carbocycles. The smallest absolute Gasteiger partial charge is 0.407 e. The first-order chi connectivity index (χ1) is 12.2. The van der Waals surface area contributed by atoms with Gasteiger partial charge in [0.1, 0.15) is 16.5 Å². The number of ether oxygens (including phenoxy) is 1. The summed E-state index contributed by atoms with van der Waals surface area (Å²) in [6.45, 7) is 4.96. The van der Waals surface area contributed by atoms with Crippen molar-refractivity contribution in [2.24, 2.45) is 0 Å². The second kappa shape index (κ2) is 8.26. The van der Waals surface area contributed by atoms with Crippen LogP contribution in [0.5, 0.6) is 0 Å². The number of rotatable bonds is 5. The molecule has 0 bridgehead atoms. The van der Waals surface area contributed by atoms with E-state index in [4.69, 9.17) is 4.74 Å². The van der Waals surface area contributed by atoms with Crippen LogP contribution in [0.15, 0.2) is 46.0 Å². The van der Waals surface area contributed by atoms with E-state index in [1.165, 1.54) is 17.1 Å². The van der Waals surface area contributed by atoms with Gasteiger partial charge in [0, 0.05) is 6.54 Å². The number of halogens is 2. The molecule has 0 aliphatic carbocycles. The van der Waals surface area contributed by atoms with E-state index >= 15 is 0 Å². The lowest BCUT2D eigenvalue weighted by Crippen LogP contribution is -2.34. The Kier molecular flexibility index (Phi) is 6.30. The van der Waals surface area contributed by atoms with Crippen LogP contribution in [0, 0.1) is 0 Å². The molecule has 0 atom stereocenters. The molecule has 0 aliphatic rings. The van der Waals surface area contributed by atoms with Gasteiger partial charge in [-0.1, -0.05) is 0 Å². The van der Waals surface area contributed by atoms with Gasteiger partial charge in [0.05, 0.1) is 24.8 Å². The van der Waals surface area contributed by atoms with Gasteiger partial charge >= 0.3 is 11.8 Å². The molecule has 0 aliphatic heterocycles. The van der Waals surface area contributed by atoms with Crippen LogP contribution in [0.4, 0.5) is 9.18 Å². The first-order valence-corrected chi connectivity index (χ1v) is 8.50. The van der Waals surface area contributed by atoms with Crippen molar-refractivity contribution in [2.75, 3.05) is 6.54 Å². The number of carbonyl (C=O) groups is 1. The summed E-state index contributed by atoms with van der Waals surface area (Å²) >= 11 is 3.22. The minimum Gasteiger partial charge on any atom is -0.444 e. The van der Waals surface area contributed by atoms with Crippen LogP contribution in [-0.2, 0) is 11.3 Å². The van der Waals surface area contributed by atoms with E-state index in [0.717, 1.165) is 4.68 Å². The molecular weight excluding hydrogens is 409 g/mol. The summed E-state index contributed by atoms with van der Waals surface area (Å²) in [6, 6.07) is 3.39. The third kappa shape index (κ3) is 5.51. The van der Waals surface area contributed by atoms with Gasteiger partial charge < -0.3 is 10.1 Å². The molecule has 0 spiro atoms. The van der Waals surface area contributed by atoms with Crippen molar-refractivity contribution >= 4 is 22.0 Å². The summed E-state index contributed by atoms with van der Waals surface area (Å²) in [5.41, 5.74) is -0.414. The largest absolute Gasteiger partial charge is 0.444 e. The van der Waals surface area contributed by atoms with Crippen molar-refractivity contribution in [1.29, 1.82) is 0 Å². The molecule has 0 fully saturated rings. The van der Waals surface area contributed by atoms with Crippen LogP contribution < -0.4 is 11.0 Å². The Balaban J connectivity index is 2.04. The highest BCUT2D eigenvalue weighted by Crippen LogP contribution is 2.09. The van der Waals surface area contributed by atoms with Crippen LogP contribution in [0.2, 0.25) is 0 Å². The maximum atomic E-state index is 13.1. The predicted molar refractivity (Wildman–Crippen MR) is 96.7 cm³/mol. The zero-order valence-electron chi connectivity index (χ0n) is 14.6. The fraction of sp³-hybridized carbons (Fsp3) is 0.375. The molecule has 0 saturated heterocycles. The fourth-order valence-electron chi connectivity index (χ4n) is 1.95. The molecule has 0 radical (unpaired) electrons. The maximum absolute atomic E-state index is 13.1. The molecular formula is C16H19BrFN5O3. The lowest BCUT2D eigenvalue weighted by Gasteiger charge is -2.19. The van der Waals surface area contributed by atoms with E-state index in [1.807, 2.05) is 0 Å². The van der Waals surface area contributed by atoms with E-state index in [2.05, 4.69) is 31.3 Å². The number of nitrogens with one attached hydrogen (secondary N) is 1. The van der Waals surface area contributed by atoms with Crippen LogP contribution >= 0.6 is 15.9 Å². The van der Waals surface area contributed by atoms with Crippen molar-refractivity contribution in [1.82, 2.24) is 24.6 Å². The van der Waals surface area contributed by atoms with Crippen LogP contribution in [0.25, 0.3) is 5.69 Å². The third-order valence-electron chi connectivity index (χ3n) is 3.09. The monoisotopic (exact) mass is 427 g/mol. The van der Waals surface area contributed by atoms with Crippen LogP contribution in [-0.4, -0.2) is 37.6 Å². The Labute approximate surface area is 157 Å². The van der Waals surface area contributed by atoms with E-state index in [-0.39, 0.29) is 18.7 Å². The molecule has 0 unspecified atom stereocenters. The minimum atomic E-state index is -0.671. The number of pyridine rings is 1. The van der Waals surface area contributed by atoms with E-state index in [9.17, 15) is 14.0 Å². The average molecular weight is 428 g/mol. The van der Waals surface area contributed by atoms with Gasteiger partial charge in [-0.2, -0.15) is 5.10 Å². The minimum absolute atomic E-state index is 0.107. The first kappa shape index (κ1) is 19.8. The Bertz CT molecular complexity index is 852. The number of carbonyl (C=O) groups excluding carboxylic acids is 1. The molecule has 2 rings (SSSR count). The lowest BCUT2D eigenvalue weighted by molar-refractivity contribution is 0.0532. The number of hydrogen-bond donors (Lipinski definition) is 1. The Morgan fingerprint density at radius 2 is 2.15 bits per heavy atom. The fourth-order valence-corrected chi connectivity index (χ4v) is 2.19. The molecule has 1 amide bonds. The standard InChI is InChI=1S/C16H19BrFN5O3/c1-16(2,3)26-14(24)20-7-11(6-18)9-23-15(25)22(10-21-23)12-4-5-13(17)19-8-12/h4-6,8,10H,7,9H2,1-3H3,(H,20,24)/b11-6-. The van der Waals surface area contributed by atoms with Crippen molar-refractivity contribution in [3.05, 3.63) is 51.6 Å². The summed E-state index contributed by atoms with van der Waals surface area (Å²) in [4.78, 5) is 28.1. The number of hydrogen-bond acceptors (Lipinski definition) is 5. The number of amides is 1. The van der Waals surface area contributed by atoms with E-state index < -0.39 is 17.4 Å². The predicted octanol–water partition coefficient (Wildman–Crippen LogP) is 2.57. The molecule has 26 heavy (non-hydrogen) atoms. The SMILES string of the molecule is CC(C)(C)OC(=O)NC/C(=C/F)Cn1ncn(-c2ccc(Br)nc2)c1=O. The molecule has 0 aromatic carbocycles. The molecule has 2 aromatic rings. The molecule has 1 N–H and O–H groups in total. The van der Waals surface area contributed by atoms with Crippen LogP contribution in [0.1, 0.15) is 20.8 Å². The van der Waals surface area contributed by atoms with Gasteiger partial charge in [-0.25, -0.2) is 28.2 Å².